The van der Waals surface area contributed by atoms with Gasteiger partial charge in [0.15, 0.2) is 12.4 Å². The number of hydroxylamine groups is 1. The van der Waals surface area contributed by atoms with Crippen molar-refractivity contribution in [3.8, 4) is 5.75 Å². The van der Waals surface area contributed by atoms with Crippen LogP contribution in [-0.2, 0) is 17.9 Å². The number of hydrogen-bond donors (Lipinski definition) is 2. The molecule has 2 N–H and O–H groups in total. The van der Waals surface area contributed by atoms with Crippen LogP contribution in [0.5, 0.6) is 5.75 Å². The van der Waals surface area contributed by atoms with Gasteiger partial charge in [0.25, 0.3) is 11.8 Å². The Labute approximate surface area is 192 Å². The summed E-state index contributed by atoms with van der Waals surface area (Å²) in [5.41, 5.74) is 5.00. The molecule has 2 aromatic carbocycles. The minimum atomic E-state index is -0.584. The average Bonchev–Trinajstić information content (AvgIpc) is 3.31. The second kappa shape index (κ2) is 10.9. The third-order valence-corrected chi connectivity index (χ3v) is 5.70. The van der Waals surface area contributed by atoms with Crippen molar-refractivity contribution in [3.63, 3.8) is 0 Å². The number of carbonyl (C=O) groups is 1. The lowest BCUT2D eigenvalue weighted by atomic mass is 9.96. The van der Waals surface area contributed by atoms with E-state index in [1.165, 1.54) is 17.2 Å². The van der Waals surface area contributed by atoms with Crippen LogP contribution in [-0.4, -0.2) is 39.2 Å². The Balaban J connectivity index is 1.24. The Kier molecular flexibility index (Phi) is 7.49. The second-order valence-corrected chi connectivity index (χ2v) is 8.25. The lowest BCUT2D eigenvalue weighted by Gasteiger charge is -2.30. The van der Waals surface area contributed by atoms with Crippen molar-refractivity contribution in [1.82, 2.24) is 20.5 Å². The minimum Gasteiger partial charge on any atom is -0.484 e. The number of nitrogens with one attached hydrogen (secondary N) is 1. The maximum absolute atomic E-state index is 11.0. The van der Waals surface area contributed by atoms with Crippen LogP contribution >= 0.6 is 0 Å². The highest BCUT2D eigenvalue weighted by Gasteiger charge is 2.24. The standard InChI is InChI=1S/C25H28N4O4/c1-18-3-2-4-20(15-18)16-29-13-11-21(12-14-29)25-26-24(33-28-25)17-32-22-8-5-19(6-9-22)7-10-23(30)27-31/h2-10,15,21,31H,11-14,16-17H2,1H3,(H,27,30). The van der Waals surface area contributed by atoms with Gasteiger partial charge in [-0.1, -0.05) is 47.1 Å². The van der Waals surface area contributed by atoms with E-state index in [0.29, 0.717) is 17.6 Å². The van der Waals surface area contributed by atoms with Crippen LogP contribution in [0, 0.1) is 6.92 Å². The SMILES string of the molecule is Cc1cccc(CN2CCC(c3noc(COc4ccc(C=CC(=O)NO)cc4)n3)CC2)c1. The van der Waals surface area contributed by atoms with Gasteiger partial charge in [0, 0.05) is 18.5 Å². The predicted molar refractivity (Wildman–Crippen MR) is 122 cm³/mol. The number of aromatic nitrogens is 2. The summed E-state index contributed by atoms with van der Waals surface area (Å²) < 4.78 is 11.1. The molecule has 1 aromatic heterocycles. The number of carbonyl (C=O) groups excluding carboxylic acids is 1. The first-order valence-electron chi connectivity index (χ1n) is 11.0. The van der Waals surface area contributed by atoms with Crippen LogP contribution in [0.4, 0.5) is 0 Å². The van der Waals surface area contributed by atoms with E-state index in [9.17, 15) is 4.79 Å². The van der Waals surface area contributed by atoms with E-state index in [1.807, 2.05) is 0 Å². The van der Waals surface area contributed by atoms with Gasteiger partial charge in [0.2, 0.25) is 0 Å². The van der Waals surface area contributed by atoms with Crippen LogP contribution < -0.4 is 10.2 Å². The number of amides is 1. The molecular weight excluding hydrogens is 420 g/mol. The number of ether oxygens (including phenoxy) is 1. The van der Waals surface area contributed by atoms with E-state index in [1.54, 1.807) is 35.8 Å². The summed E-state index contributed by atoms with van der Waals surface area (Å²) in [7, 11) is 0. The fourth-order valence-corrected chi connectivity index (χ4v) is 3.94. The van der Waals surface area contributed by atoms with Gasteiger partial charge in [-0.3, -0.25) is 14.9 Å². The van der Waals surface area contributed by atoms with E-state index in [2.05, 4.69) is 46.2 Å². The first-order chi connectivity index (χ1) is 16.1. The maximum Gasteiger partial charge on any atom is 0.267 e. The predicted octanol–water partition coefficient (Wildman–Crippen LogP) is 3.86. The molecule has 1 aliphatic heterocycles. The van der Waals surface area contributed by atoms with E-state index in [0.717, 1.165) is 43.9 Å². The van der Waals surface area contributed by atoms with Crippen molar-refractivity contribution in [3.05, 3.63) is 83.0 Å². The number of rotatable bonds is 8. The van der Waals surface area contributed by atoms with Gasteiger partial charge in [-0.15, -0.1) is 0 Å². The van der Waals surface area contributed by atoms with Crippen LogP contribution in [0.2, 0.25) is 0 Å². The summed E-state index contributed by atoms with van der Waals surface area (Å²) in [5.74, 6) is 1.59. The molecule has 172 valence electrons. The molecule has 0 atom stereocenters. The third kappa shape index (κ3) is 6.50. The summed E-state index contributed by atoms with van der Waals surface area (Å²) in [6.07, 6.45) is 4.85. The zero-order valence-electron chi connectivity index (χ0n) is 18.6. The van der Waals surface area contributed by atoms with Gasteiger partial charge in [-0.05, 0) is 62.2 Å². The summed E-state index contributed by atoms with van der Waals surface area (Å²) in [6.45, 7) is 5.32. The zero-order valence-corrected chi connectivity index (χ0v) is 18.6. The number of hydrogen-bond acceptors (Lipinski definition) is 7. The van der Waals surface area contributed by atoms with E-state index in [4.69, 9.17) is 14.5 Å². The molecule has 0 radical (unpaired) electrons. The first kappa shape index (κ1) is 22.7. The summed E-state index contributed by atoms with van der Waals surface area (Å²) >= 11 is 0. The molecule has 2 heterocycles. The summed E-state index contributed by atoms with van der Waals surface area (Å²) in [4.78, 5) is 18.1. The Morgan fingerprint density at radius 2 is 2.03 bits per heavy atom. The van der Waals surface area contributed by atoms with Gasteiger partial charge in [-0.2, -0.15) is 4.98 Å². The quantitative estimate of drug-likeness (QED) is 0.307. The molecule has 8 nitrogen and oxygen atoms in total. The fraction of sp³-hybridized carbons (Fsp3) is 0.320. The molecule has 4 rings (SSSR count). The molecule has 0 unspecified atom stereocenters. The van der Waals surface area contributed by atoms with E-state index < -0.39 is 5.91 Å². The number of benzene rings is 2. The maximum atomic E-state index is 11.0. The van der Waals surface area contributed by atoms with Crippen LogP contribution in [0.1, 0.15) is 47.2 Å². The number of piperidine rings is 1. The Morgan fingerprint density at radius 3 is 2.76 bits per heavy atom. The number of likely N-dealkylation sites (tertiary alicyclic amines) is 1. The summed E-state index contributed by atoms with van der Waals surface area (Å²) in [5, 5.41) is 12.7. The third-order valence-electron chi connectivity index (χ3n) is 5.70. The smallest absolute Gasteiger partial charge is 0.267 e. The average molecular weight is 449 g/mol. The Bertz CT molecular complexity index is 1090. The van der Waals surface area contributed by atoms with Crippen molar-refractivity contribution in [2.24, 2.45) is 0 Å². The molecular formula is C25H28N4O4. The van der Waals surface area contributed by atoms with Gasteiger partial charge < -0.3 is 9.26 Å². The molecule has 0 spiro atoms. The van der Waals surface area contributed by atoms with Crippen LogP contribution in [0.25, 0.3) is 6.08 Å². The Morgan fingerprint density at radius 1 is 1.24 bits per heavy atom. The molecule has 3 aromatic rings. The topological polar surface area (TPSA) is 101 Å². The van der Waals surface area contributed by atoms with Crippen molar-refractivity contribution < 1.29 is 19.3 Å². The highest BCUT2D eigenvalue weighted by Crippen LogP contribution is 2.27. The van der Waals surface area contributed by atoms with Crippen molar-refractivity contribution in [2.45, 2.75) is 38.8 Å². The number of aryl methyl sites for hydroxylation is 1. The number of nitrogens with zero attached hydrogens (tertiary/aromatic N) is 3. The normalized spacial score (nSPS) is 15.1. The second-order valence-electron chi connectivity index (χ2n) is 8.25. The van der Waals surface area contributed by atoms with E-state index in [-0.39, 0.29) is 6.61 Å². The largest absolute Gasteiger partial charge is 0.484 e. The van der Waals surface area contributed by atoms with Crippen molar-refractivity contribution in [2.75, 3.05) is 13.1 Å². The molecule has 0 bridgehead atoms. The lowest BCUT2D eigenvalue weighted by Crippen LogP contribution is -2.32. The first-order valence-corrected chi connectivity index (χ1v) is 11.0. The minimum absolute atomic E-state index is 0.196. The van der Waals surface area contributed by atoms with Crippen LogP contribution in [0.3, 0.4) is 0 Å². The van der Waals surface area contributed by atoms with Crippen molar-refractivity contribution >= 4 is 12.0 Å². The molecule has 0 saturated carbocycles. The van der Waals surface area contributed by atoms with Gasteiger partial charge in [0.1, 0.15) is 5.75 Å². The van der Waals surface area contributed by atoms with Crippen molar-refractivity contribution in [1.29, 1.82) is 0 Å². The molecule has 1 saturated heterocycles. The molecule has 1 aliphatic rings. The fourth-order valence-electron chi connectivity index (χ4n) is 3.94. The molecule has 33 heavy (non-hydrogen) atoms. The molecule has 8 heteroatoms. The highest BCUT2D eigenvalue weighted by molar-refractivity contribution is 5.90. The zero-order chi connectivity index (χ0) is 23.0. The monoisotopic (exact) mass is 448 g/mol. The van der Waals surface area contributed by atoms with E-state index >= 15 is 0 Å². The molecule has 0 aliphatic carbocycles. The molecule has 1 fully saturated rings. The highest BCUT2D eigenvalue weighted by atomic mass is 16.5. The van der Waals surface area contributed by atoms with Gasteiger partial charge in [0.05, 0.1) is 0 Å². The van der Waals surface area contributed by atoms with Gasteiger partial charge >= 0.3 is 0 Å². The molecule has 1 amide bonds. The lowest BCUT2D eigenvalue weighted by molar-refractivity contribution is -0.124. The van der Waals surface area contributed by atoms with Gasteiger partial charge in [-0.25, -0.2) is 5.48 Å². The Hall–Kier alpha value is -3.49. The van der Waals surface area contributed by atoms with Crippen LogP contribution in [0.15, 0.2) is 59.1 Å². The summed E-state index contributed by atoms with van der Waals surface area (Å²) in [6, 6.07) is 15.9.